The molecule has 0 aliphatic carbocycles. The van der Waals surface area contributed by atoms with E-state index in [0.717, 1.165) is 5.56 Å². The molecular formula is C15H17N5O. The third-order valence-corrected chi connectivity index (χ3v) is 3.64. The van der Waals surface area contributed by atoms with Crippen LogP contribution in [0.25, 0.3) is 16.6 Å². The Labute approximate surface area is 121 Å². The molecule has 1 unspecified atom stereocenters. The molecule has 0 spiro atoms. The van der Waals surface area contributed by atoms with E-state index in [4.69, 9.17) is 5.73 Å². The molecule has 6 heteroatoms. The van der Waals surface area contributed by atoms with Crippen LogP contribution in [-0.2, 0) is 0 Å². The maximum atomic E-state index is 12.8. The summed E-state index contributed by atoms with van der Waals surface area (Å²) in [4.78, 5) is 17.5. The number of nitrogens with one attached hydrogen (secondary N) is 1. The molecule has 0 bridgehead atoms. The van der Waals surface area contributed by atoms with Crippen LogP contribution >= 0.6 is 0 Å². The average Bonchev–Trinajstić information content (AvgIpc) is 3.01. The van der Waals surface area contributed by atoms with Crippen LogP contribution in [0.5, 0.6) is 0 Å². The van der Waals surface area contributed by atoms with Crippen molar-refractivity contribution in [3.8, 4) is 5.69 Å². The Balaban J connectivity index is 2.44. The van der Waals surface area contributed by atoms with Crippen LogP contribution in [0.2, 0.25) is 0 Å². The zero-order valence-corrected chi connectivity index (χ0v) is 12.0. The van der Waals surface area contributed by atoms with Gasteiger partial charge in [0.25, 0.3) is 5.56 Å². The van der Waals surface area contributed by atoms with Crippen molar-refractivity contribution in [3.63, 3.8) is 0 Å². The molecule has 0 fully saturated rings. The fourth-order valence-corrected chi connectivity index (χ4v) is 2.42. The summed E-state index contributed by atoms with van der Waals surface area (Å²) in [7, 11) is 0. The second kappa shape index (κ2) is 5.14. The normalized spacial score (nSPS) is 12.7. The van der Waals surface area contributed by atoms with Crippen LogP contribution in [0.15, 0.2) is 35.4 Å². The number of benzene rings is 1. The molecule has 0 aliphatic rings. The van der Waals surface area contributed by atoms with E-state index in [9.17, 15) is 4.79 Å². The van der Waals surface area contributed by atoms with Gasteiger partial charge in [-0.15, -0.1) is 0 Å². The van der Waals surface area contributed by atoms with Crippen molar-refractivity contribution in [1.82, 2.24) is 19.7 Å². The Hall–Kier alpha value is -2.47. The number of hydrogen-bond acceptors (Lipinski definition) is 4. The van der Waals surface area contributed by atoms with E-state index in [2.05, 4.69) is 15.2 Å². The van der Waals surface area contributed by atoms with Crippen LogP contribution in [0, 0.1) is 6.92 Å². The number of H-pyrrole nitrogens is 1. The van der Waals surface area contributed by atoms with Gasteiger partial charge >= 0.3 is 0 Å². The number of fused-ring (bicyclic) bond motifs is 1. The number of para-hydroxylation sites is 1. The lowest BCUT2D eigenvalue weighted by molar-refractivity contribution is 0.623. The van der Waals surface area contributed by atoms with Crippen molar-refractivity contribution < 1.29 is 0 Å². The van der Waals surface area contributed by atoms with Crippen LogP contribution in [0.1, 0.15) is 30.8 Å². The van der Waals surface area contributed by atoms with Gasteiger partial charge in [0, 0.05) is 6.20 Å². The highest BCUT2D eigenvalue weighted by molar-refractivity contribution is 5.81. The molecule has 2 heterocycles. The highest BCUT2D eigenvalue weighted by Crippen LogP contribution is 2.19. The Morgan fingerprint density at radius 1 is 1.43 bits per heavy atom. The SMILES string of the molecule is CCC(N)c1nc2c(C)cccc2c(=O)n1-c1cn[nH]c1. The summed E-state index contributed by atoms with van der Waals surface area (Å²) in [5.41, 5.74) is 8.36. The fraction of sp³-hybridized carbons (Fsp3) is 0.267. The Morgan fingerprint density at radius 3 is 2.90 bits per heavy atom. The van der Waals surface area contributed by atoms with Crippen molar-refractivity contribution in [2.75, 3.05) is 0 Å². The van der Waals surface area contributed by atoms with E-state index >= 15 is 0 Å². The molecule has 21 heavy (non-hydrogen) atoms. The average molecular weight is 283 g/mol. The molecule has 3 rings (SSSR count). The first-order valence-corrected chi connectivity index (χ1v) is 6.90. The van der Waals surface area contributed by atoms with E-state index in [1.165, 1.54) is 0 Å². The number of hydrogen-bond donors (Lipinski definition) is 2. The molecule has 3 aromatic rings. The zero-order valence-electron chi connectivity index (χ0n) is 12.0. The van der Waals surface area contributed by atoms with Crippen molar-refractivity contribution >= 4 is 10.9 Å². The van der Waals surface area contributed by atoms with Gasteiger partial charge in [0.2, 0.25) is 0 Å². The fourth-order valence-electron chi connectivity index (χ4n) is 2.42. The quantitative estimate of drug-likeness (QED) is 0.767. The first-order valence-electron chi connectivity index (χ1n) is 6.90. The molecule has 0 amide bonds. The molecule has 108 valence electrons. The lowest BCUT2D eigenvalue weighted by Gasteiger charge is -2.16. The molecule has 0 aliphatic heterocycles. The minimum atomic E-state index is -0.309. The highest BCUT2D eigenvalue weighted by Gasteiger charge is 2.18. The second-order valence-electron chi connectivity index (χ2n) is 5.05. The van der Waals surface area contributed by atoms with Crippen molar-refractivity contribution in [1.29, 1.82) is 0 Å². The maximum absolute atomic E-state index is 12.8. The maximum Gasteiger partial charge on any atom is 0.266 e. The van der Waals surface area contributed by atoms with Gasteiger partial charge in [0.1, 0.15) is 5.82 Å². The number of aromatic amines is 1. The van der Waals surface area contributed by atoms with Gasteiger partial charge in [-0.3, -0.25) is 14.5 Å². The van der Waals surface area contributed by atoms with Crippen LogP contribution in [-0.4, -0.2) is 19.7 Å². The van der Waals surface area contributed by atoms with Crippen molar-refractivity contribution in [2.45, 2.75) is 26.3 Å². The minimum Gasteiger partial charge on any atom is -0.321 e. The summed E-state index contributed by atoms with van der Waals surface area (Å²) in [5, 5.41) is 7.22. The zero-order chi connectivity index (χ0) is 15.0. The van der Waals surface area contributed by atoms with Crippen LogP contribution in [0.4, 0.5) is 0 Å². The van der Waals surface area contributed by atoms with Crippen LogP contribution in [0.3, 0.4) is 0 Å². The van der Waals surface area contributed by atoms with Gasteiger partial charge in [0.15, 0.2) is 0 Å². The number of nitrogens with two attached hydrogens (primary N) is 1. The molecule has 0 saturated carbocycles. The van der Waals surface area contributed by atoms with Crippen molar-refractivity contribution in [2.24, 2.45) is 5.73 Å². The summed E-state index contributed by atoms with van der Waals surface area (Å²) in [5.74, 6) is 0.561. The molecule has 3 N–H and O–H groups in total. The van der Waals surface area contributed by atoms with E-state index in [-0.39, 0.29) is 11.6 Å². The molecular weight excluding hydrogens is 266 g/mol. The minimum absolute atomic E-state index is 0.121. The lowest BCUT2D eigenvalue weighted by atomic mass is 10.1. The standard InChI is InChI=1S/C15H17N5O/c1-3-12(16)14-19-13-9(2)5-4-6-11(13)15(21)20(14)10-7-17-18-8-10/h4-8,12H,3,16H2,1-2H3,(H,17,18). The predicted molar refractivity (Wildman–Crippen MR) is 81.4 cm³/mol. The molecule has 1 aromatic carbocycles. The second-order valence-corrected chi connectivity index (χ2v) is 5.05. The number of rotatable bonds is 3. The largest absolute Gasteiger partial charge is 0.321 e. The van der Waals surface area contributed by atoms with Gasteiger partial charge < -0.3 is 5.73 Å². The van der Waals surface area contributed by atoms with Gasteiger partial charge in [-0.2, -0.15) is 5.10 Å². The molecule has 0 saturated heterocycles. The number of aromatic nitrogens is 4. The Kier molecular flexibility index (Phi) is 3.31. The third-order valence-electron chi connectivity index (χ3n) is 3.64. The van der Waals surface area contributed by atoms with E-state index in [0.29, 0.717) is 28.8 Å². The van der Waals surface area contributed by atoms with E-state index < -0.39 is 0 Å². The lowest BCUT2D eigenvalue weighted by Crippen LogP contribution is -2.28. The highest BCUT2D eigenvalue weighted by atomic mass is 16.1. The summed E-state index contributed by atoms with van der Waals surface area (Å²) in [6.45, 7) is 3.91. The summed E-state index contributed by atoms with van der Waals surface area (Å²) in [6, 6.07) is 5.28. The summed E-state index contributed by atoms with van der Waals surface area (Å²) in [6.07, 6.45) is 3.95. The Morgan fingerprint density at radius 2 is 2.24 bits per heavy atom. The topological polar surface area (TPSA) is 89.6 Å². The number of aryl methyl sites for hydroxylation is 1. The monoisotopic (exact) mass is 283 g/mol. The molecule has 0 radical (unpaired) electrons. The third kappa shape index (κ3) is 2.13. The van der Waals surface area contributed by atoms with E-state index in [1.54, 1.807) is 23.0 Å². The van der Waals surface area contributed by atoms with Crippen molar-refractivity contribution in [3.05, 3.63) is 52.3 Å². The summed E-state index contributed by atoms with van der Waals surface area (Å²) < 4.78 is 1.54. The molecule has 6 nitrogen and oxygen atoms in total. The smallest absolute Gasteiger partial charge is 0.266 e. The van der Waals surface area contributed by atoms with Gasteiger partial charge in [-0.1, -0.05) is 19.1 Å². The number of nitrogens with zero attached hydrogens (tertiary/aromatic N) is 3. The predicted octanol–water partition coefficient (Wildman–Crippen LogP) is 1.83. The molecule has 2 aromatic heterocycles. The first kappa shape index (κ1) is 13.5. The Bertz CT molecular complexity index is 835. The van der Waals surface area contributed by atoms with Gasteiger partial charge in [0.05, 0.1) is 28.8 Å². The molecule has 1 atom stereocenters. The van der Waals surface area contributed by atoms with Gasteiger partial charge in [-0.05, 0) is 25.0 Å². The summed E-state index contributed by atoms with van der Waals surface area (Å²) >= 11 is 0. The van der Waals surface area contributed by atoms with Crippen LogP contribution < -0.4 is 11.3 Å². The van der Waals surface area contributed by atoms with Gasteiger partial charge in [-0.25, -0.2) is 4.98 Å². The first-order chi connectivity index (χ1) is 10.1. The van der Waals surface area contributed by atoms with E-state index in [1.807, 2.05) is 26.0 Å².